The Bertz CT molecular complexity index is 187. The molecule has 1 N–H and O–H groups in total. The number of nitrogens with zero attached hydrogens (tertiary/aromatic N) is 1. The molecular weight excluding hydrogens is 144 g/mol. The molecule has 56 valence electrons. The third-order valence-electron chi connectivity index (χ3n) is 1.11. The lowest BCUT2D eigenvalue weighted by Gasteiger charge is -2.13. The molecule has 1 atom stereocenters. The van der Waals surface area contributed by atoms with E-state index in [0.29, 0.717) is 6.92 Å². The van der Waals surface area contributed by atoms with E-state index in [1.54, 1.807) is 0 Å². The van der Waals surface area contributed by atoms with Gasteiger partial charge in [0.25, 0.3) is 6.43 Å². The number of carboxylic acid groups (broad SMARTS) is 1. The molecule has 0 aromatic carbocycles. The van der Waals surface area contributed by atoms with Crippen molar-refractivity contribution in [3.8, 4) is 6.07 Å². The zero-order valence-electron chi connectivity index (χ0n) is 5.14. The first-order valence-electron chi connectivity index (χ1n) is 2.38. The molecule has 0 aliphatic rings. The van der Waals surface area contributed by atoms with Gasteiger partial charge in [-0.05, 0) is 6.92 Å². The molecule has 0 spiro atoms. The van der Waals surface area contributed by atoms with Gasteiger partial charge in [-0.1, -0.05) is 0 Å². The molecule has 0 radical (unpaired) electrons. The summed E-state index contributed by atoms with van der Waals surface area (Å²) in [6.45, 7) is 0.681. The largest absolute Gasteiger partial charge is 0.480 e. The van der Waals surface area contributed by atoms with Crippen molar-refractivity contribution < 1.29 is 18.7 Å². The van der Waals surface area contributed by atoms with Crippen LogP contribution in [-0.2, 0) is 4.79 Å². The van der Waals surface area contributed by atoms with Crippen molar-refractivity contribution in [1.82, 2.24) is 0 Å². The number of halogens is 2. The lowest BCUT2D eigenvalue weighted by molar-refractivity contribution is -0.151. The van der Waals surface area contributed by atoms with Gasteiger partial charge in [-0.3, -0.25) is 4.79 Å². The van der Waals surface area contributed by atoms with Crippen LogP contribution >= 0.6 is 0 Å². The predicted molar refractivity (Wildman–Crippen MR) is 27.4 cm³/mol. The normalized spacial score (nSPS) is 15.9. The quantitative estimate of drug-likeness (QED) is 0.633. The van der Waals surface area contributed by atoms with Crippen LogP contribution < -0.4 is 0 Å². The highest BCUT2D eigenvalue weighted by atomic mass is 19.3. The van der Waals surface area contributed by atoms with Gasteiger partial charge in [-0.2, -0.15) is 5.26 Å². The van der Waals surface area contributed by atoms with E-state index in [4.69, 9.17) is 10.4 Å². The Labute approximate surface area is 55.9 Å². The molecule has 0 aliphatic carbocycles. The minimum atomic E-state index is -3.16. The highest BCUT2D eigenvalue weighted by Crippen LogP contribution is 2.24. The number of nitriles is 1. The maximum absolute atomic E-state index is 11.7. The molecular formula is C5H5F2NO2. The lowest BCUT2D eigenvalue weighted by Crippen LogP contribution is -2.33. The second-order valence-electron chi connectivity index (χ2n) is 1.92. The van der Waals surface area contributed by atoms with E-state index < -0.39 is 17.8 Å². The molecule has 0 fully saturated rings. The number of carboxylic acids is 1. The fourth-order valence-electron chi connectivity index (χ4n) is 0.190. The Morgan fingerprint density at radius 2 is 2.20 bits per heavy atom. The lowest BCUT2D eigenvalue weighted by atomic mass is 9.94. The molecule has 0 aromatic rings. The van der Waals surface area contributed by atoms with Crippen LogP contribution in [0.25, 0.3) is 0 Å². The van der Waals surface area contributed by atoms with E-state index in [9.17, 15) is 13.6 Å². The zero-order valence-corrected chi connectivity index (χ0v) is 5.14. The van der Waals surface area contributed by atoms with Crippen molar-refractivity contribution >= 4 is 5.97 Å². The summed E-state index contributed by atoms with van der Waals surface area (Å²) in [5, 5.41) is 16.1. The predicted octanol–water partition coefficient (Wildman–Crippen LogP) is 0.866. The highest BCUT2D eigenvalue weighted by Gasteiger charge is 2.43. The van der Waals surface area contributed by atoms with Crippen LogP contribution in [0.1, 0.15) is 6.92 Å². The van der Waals surface area contributed by atoms with Gasteiger partial charge in [0, 0.05) is 0 Å². The number of rotatable bonds is 2. The number of hydrogen-bond donors (Lipinski definition) is 1. The molecule has 0 saturated heterocycles. The van der Waals surface area contributed by atoms with Crippen LogP contribution in [-0.4, -0.2) is 17.5 Å². The molecule has 0 saturated carbocycles. The van der Waals surface area contributed by atoms with Crippen LogP contribution in [0, 0.1) is 16.7 Å². The zero-order chi connectivity index (χ0) is 8.36. The van der Waals surface area contributed by atoms with Crippen molar-refractivity contribution in [2.75, 3.05) is 0 Å². The van der Waals surface area contributed by atoms with E-state index in [1.807, 2.05) is 0 Å². The maximum atomic E-state index is 11.7. The van der Waals surface area contributed by atoms with Crippen molar-refractivity contribution in [2.45, 2.75) is 13.3 Å². The van der Waals surface area contributed by atoms with Crippen molar-refractivity contribution in [1.29, 1.82) is 5.26 Å². The van der Waals surface area contributed by atoms with Gasteiger partial charge >= 0.3 is 5.97 Å². The molecule has 0 heterocycles. The molecule has 0 bridgehead atoms. The van der Waals surface area contributed by atoms with Gasteiger partial charge in [-0.25, -0.2) is 8.78 Å². The SMILES string of the molecule is C[C@@](C#N)(C(=O)O)C(F)F. The average Bonchev–Trinajstić information content (AvgIpc) is 1.85. The Balaban J connectivity index is 4.60. The summed E-state index contributed by atoms with van der Waals surface area (Å²) in [7, 11) is 0. The average molecular weight is 149 g/mol. The first kappa shape index (κ1) is 8.82. The van der Waals surface area contributed by atoms with Crippen molar-refractivity contribution in [3.63, 3.8) is 0 Å². The first-order valence-corrected chi connectivity index (χ1v) is 2.38. The number of aliphatic carboxylic acids is 1. The van der Waals surface area contributed by atoms with Crippen molar-refractivity contribution in [3.05, 3.63) is 0 Å². The topological polar surface area (TPSA) is 61.1 Å². The van der Waals surface area contributed by atoms with Crippen LogP contribution in [0.3, 0.4) is 0 Å². The standard InChI is InChI=1S/C5H5F2NO2/c1-5(2-8,3(6)7)4(9)10/h3H,1H3,(H,9,10)/t5-/m0/s1. The van der Waals surface area contributed by atoms with Gasteiger partial charge < -0.3 is 5.11 Å². The Kier molecular flexibility index (Phi) is 2.30. The molecule has 0 amide bonds. The summed E-state index contributed by atoms with van der Waals surface area (Å²) >= 11 is 0. The maximum Gasteiger partial charge on any atom is 0.329 e. The van der Waals surface area contributed by atoms with Gasteiger partial charge in [0.15, 0.2) is 0 Å². The molecule has 10 heavy (non-hydrogen) atoms. The number of alkyl halides is 2. The van der Waals surface area contributed by atoms with E-state index >= 15 is 0 Å². The van der Waals surface area contributed by atoms with Crippen LogP contribution in [0.4, 0.5) is 8.78 Å². The summed E-state index contributed by atoms with van der Waals surface area (Å²) in [6.07, 6.45) is -3.16. The summed E-state index contributed by atoms with van der Waals surface area (Å²) in [6, 6.07) is 1.03. The minimum absolute atomic E-state index is 0.681. The molecule has 5 heteroatoms. The van der Waals surface area contributed by atoms with Gasteiger partial charge in [0.2, 0.25) is 5.41 Å². The Morgan fingerprint density at radius 3 is 2.20 bits per heavy atom. The molecule has 0 rings (SSSR count). The fourth-order valence-corrected chi connectivity index (χ4v) is 0.190. The molecule has 0 aromatic heterocycles. The highest BCUT2D eigenvalue weighted by molar-refractivity contribution is 5.77. The van der Waals surface area contributed by atoms with E-state index in [-0.39, 0.29) is 0 Å². The third kappa shape index (κ3) is 1.21. The first-order chi connectivity index (χ1) is 4.45. The van der Waals surface area contributed by atoms with E-state index in [2.05, 4.69) is 0 Å². The summed E-state index contributed by atoms with van der Waals surface area (Å²) in [5.41, 5.74) is -2.57. The molecule has 3 nitrogen and oxygen atoms in total. The second kappa shape index (κ2) is 2.60. The van der Waals surface area contributed by atoms with Crippen LogP contribution in [0.5, 0.6) is 0 Å². The van der Waals surface area contributed by atoms with Crippen molar-refractivity contribution in [2.24, 2.45) is 5.41 Å². The van der Waals surface area contributed by atoms with E-state index in [0.717, 1.165) is 6.07 Å². The van der Waals surface area contributed by atoms with Crippen LogP contribution in [0.15, 0.2) is 0 Å². The minimum Gasteiger partial charge on any atom is -0.480 e. The summed E-state index contributed by atoms with van der Waals surface area (Å²) in [4.78, 5) is 9.99. The third-order valence-corrected chi connectivity index (χ3v) is 1.11. The summed E-state index contributed by atoms with van der Waals surface area (Å²) < 4.78 is 23.5. The Morgan fingerprint density at radius 1 is 1.80 bits per heavy atom. The summed E-state index contributed by atoms with van der Waals surface area (Å²) in [5.74, 6) is -1.80. The van der Waals surface area contributed by atoms with Gasteiger partial charge in [0.1, 0.15) is 0 Å². The van der Waals surface area contributed by atoms with Crippen LogP contribution in [0.2, 0.25) is 0 Å². The van der Waals surface area contributed by atoms with Gasteiger partial charge in [0.05, 0.1) is 6.07 Å². The fraction of sp³-hybridized carbons (Fsp3) is 0.600. The molecule has 0 aliphatic heterocycles. The van der Waals surface area contributed by atoms with E-state index in [1.165, 1.54) is 0 Å². The number of carbonyl (C=O) groups is 1. The monoisotopic (exact) mass is 149 g/mol. The second-order valence-corrected chi connectivity index (χ2v) is 1.92. The number of hydrogen-bond acceptors (Lipinski definition) is 2. The van der Waals surface area contributed by atoms with Gasteiger partial charge in [-0.15, -0.1) is 0 Å². The smallest absolute Gasteiger partial charge is 0.329 e. The molecule has 0 unspecified atom stereocenters. The Hall–Kier alpha value is -1.18.